The lowest BCUT2D eigenvalue weighted by Crippen LogP contribution is -2.54. The van der Waals surface area contributed by atoms with E-state index in [1.807, 2.05) is 44.2 Å². The zero-order valence-corrected chi connectivity index (χ0v) is 15.5. The molecule has 26 heavy (non-hydrogen) atoms. The second kappa shape index (κ2) is 9.32. The third-order valence-corrected chi connectivity index (χ3v) is 5.00. The average Bonchev–Trinajstić information content (AvgIpc) is 2.64. The highest BCUT2D eigenvalue weighted by atomic mass is 16.2. The van der Waals surface area contributed by atoms with E-state index in [0.717, 1.165) is 24.7 Å². The number of rotatable bonds is 7. The van der Waals surface area contributed by atoms with Gasteiger partial charge in [0.05, 0.1) is 0 Å². The van der Waals surface area contributed by atoms with Crippen molar-refractivity contribution in [1.82, 2.24) is 10.6 Å². The Bertz CT molecular complexity index is 656. The minimum absolute atomic E-state index is 0.00882. The molecule has 2 N–H and O–H groups in total. The first kappa shape index (κ1) is 19.9. The minimum Gasteiger partial charge on any atom is -0.353 e. The van der Waals surface area contributed by atoms with Crippen molar-refractivity contribution in [3.05, 3.63) is 42.0 Å². The first-order valence-electron chi connectivity index (χ1n) is 9.26. The lowest BCUT2D eigenvalue weighted by molar-refractivity contribution is -0.123. The van der Waals surface area contributed by atoms with Crippen LogP contribution in [0.5, 0.6) is 0 Å². The minimum atomic E-state index is -0.609. The van der Waals surface area contributed by atoms with Crippen LogP contribution in [0.1, 0.15) is 51.5 Å². The summed E-state index contributed by atoms with van der Waals surface area (Å²) < 4.78 is 0. The zero-order chi connectivity index (χ0) is 19.0. The van der Waals surface area contributed by atoms with E-state index >= 15 is 0 Å². The Labute approximate surface area is 155 Å². The number of nitrogens with one attached hydrogen (secondary N) is 2. The van der Waals surface area contributed by atoms with Gasteiger partial charge in [-0.1, -0.05) is 44.2 Å². The van der Waals surface area contributed by atoms with Crippen LogP contribution in [0.3, 0.4) is 0 Å². The van der Waals surface area contributed by atoms with Crippen LogP contribution in [-0.2, 0) is 14.4 Å². The fourth-order valence-corrected chi connectivity index (χ4v) is 3.31. The summed E-state index contributed by atoms with van der Waals surface area (Å²) >= 11 is 0. The molecular formula is C21H28N2O3. The molecule has 2 rings (SSSR count). The molecule has 0 radical (unpaired) electrons. The second-order valence-corrected chi connectivity index (χ2v) is 7.22. The van der Waals surface area contributed by atoms with E-state index < -0.39 is 5.41 Å². The first-order valence-corrected chi connectivity index (χ1v) is 9.26. The van der Waals surface area contributed by atoms with Crippen molar-refractivity contribution in [2.75, 3.05) is 0 Å². The van der Waals surface area contributed by atoms with Gasteiger partial charge in [0.25, 0.3) is 0 Å². The normalized spacial score (nSPS) is 25.6. The Morgan fingerprint density at radius 2 is 1.96 bits per heavy atom. The van der Waals surface area contributed by atoms with E-state index in [9.17, 15) is 14.4 Å². The molecule has 0 bridgehead atoms. The van der Waals surface area contributed by atoms with Crippen molar-refractivity contribution in [3.8, 4) is 0 Å². The Morgan fingerprint density at radius 1 is 1.23 bits per heavy atom. The van der Waals surface area contributed by atoms with E-state index in [1.54, 1.807) is 6.08 Å². The summed E-state index contributed by atoms with van der Waals surface area (Å²) in [5.41, 5.74) is 0.330. The van der Waals surface area contributed by atoms with E-state index in [2.05, 4.69) is 10.6 Å². The van der Waals surface area contributed by atoms with E-state index in [-0.39, 0.29) is 23.9 Å². The molecule has 0 spiro atoms. The van der Waals surface area contributed by atoms with Crippen LogP contribution in [0.15, 0.2) is 36.4 Å². The lowest BCUT2D eigenvalue weighted by atomic mass is 9.71. The molecule has 5 heteroatoms. The van der Waals surface area contributed by atoms with Crippen LogP contribution in [0.25, 0.3) is 6.08 Å². The van der Waals surface area contributed by atoms with Gasteiger partial charge in [-0.25, -0.2) is 0 Å². The fourth-order valence-electron chi connectivity index (χ4n) is 3.31. The molecule has 140 valence electrons. The van der Waals surface area contributed by atoms with Gasteiger partial charge < -0.3 is 15.4 Å². The van der Waals surface area contributed by atoms with Crippen LogP contribution in [0, 0.1) is 5.41 Å². The number of hydrogen-bond acceptors (Lipinski definition) is 3. The number of carbonyl (C=O) groups excluding carboxylic acids is 3. The number of carbonyl (C=O) groups is 3. The summed E-state index contributed by atoms with van der Waals surface area (Å²) in [5, 5.41) is 5.98. The topological polar surface area (TPSA) is 75.3 Å². The first-order chi connectivity index (χ1) is 12.5. The zero-order valence-electron chi connectivity index (χ0n) is 15.5. The van der Waals surface area contributed by atoms with Gasteiger partial charge in [0.15, 0.2) is 0 Å². The molecule has 2 amide bonds. The molecule has 1 saturated carbocycles. The summed E-state index contributed by atoms with van der Waals surface area (Å²) in [5.74, 6) is -0.200. The SMILES string of the molecule is CCCC(=O)N[C@H]1CC[C@](C)(C=O)C(NC(=O)C=Cc2ccccc2)C1. The third-order valence-electron chi connectivity index (χ3n) is 5.00. The highest BCUT2D eigenvalue weighted by Gasteiger charge is 2.40. The third kappa shape index (κ3) is 5.55. The van der Waals surface area contributed by atoms with Gasteiger partial charge in [-0.05, 0) is 37.3 Å². The highest BCUT2D eigenvalue weighted by molar-refractivity contribution is 5.92. The lowest BCUT2D eigenvalue weighted by Gasteiger charge is -2.41. The van der Waals surface area contributed by atoms with Crippen LogP contribution >= 0.6 is 0 Å². The number of benzene rings is 1. The quantitative estimate of drug-likeness (QED) is 0.583. The highest BCUT2D eigenvalue weighted by Crippen LogP contribution is 2.34. The summed E-state index contributed by atoms with van der Waals surface area (Å²) in [6, 6.07) is 9.26. The predicted molar refractivity (Wildman–Crippen MR) is 102 cm³/mol. The van der Waals surface area contributed by atoms with Crippen LogP contribution < -0.4 is 10.6 Å². The van der Waals surface area contributed by atoms with Gasteiger partial charge in [-0.15, -0.1) is 0 Å². The summed E-state index contributed by atoms with van der Waals surface area (Å²) in [6.45, 7) is 3.84. The molecule has 0 aromatic heterocycles. The van der Waals surface area contributed by atoms with Crippen molar-refractivity contribution in [2.24, 2.45) is 5.41 Å². The predicted octanol–water partition coefficient (Wildman–Crippen LogP) is 2.86. The molecular weight excluding hydrogens is 328 g/mol. The molecule has 1 aliphatic carbocycles. The smallest absolute Gasteiger partial charge is 0.244 e. The van der Waals surface area contributed by atoms with E-state index in [0.29, 0.717) is 19.3 Å². The summed E-state index contributed by atoms with van der Waals surface area (Å²) in [7, 11) is 0. The molecule has 1 aromatic carbocycles. The van der Waals surface area contributed by atoms with Crippen LogP contribution in [0.2, 0.25) is 0 Å². The molecule has 5 nitrogen and oxygen atoms in total. The van der Waals surface area contributed by atoms with Gasteiger partial charge >= 0.3 is 0 Å². The summed E-state index contributed by atoms with van der Waals surface area (Å²) in [6.07, 6.45) is 7.42. The van der Waals surface area contributed by atoms with Crippen molar-refractivity contribution < 1.29 is 14.4 Å². The van der Waals surface area contributed by atoms with Gasteiger partial charge in [0.1, 0.15) is 6.29 Å². The number of hydrogen-bond donors (Lipinski definition) is 2. The Morgan fingerprint density at radius 3 is 2.62 bits per heavy atom. The maximum Gasteiger partial charge on any atom is 0.244 e. The van der Waals surface area contributed by atoms with Crippen molar-refractivity contribution in [1.29, 1.82) is 0 Å². The van der Waals surface area contributed by atoms with E-state index in [1.165, 1.54) is 6.08 Å². The van der Waals surface area contributed by atoms with E-state index in [4.69, 9.17) is 0 Å². The van der Waals surface area contributed by atoms with Crippen molar-refractivity contribution in [3.63, 3.8) is 0 Å². The molecule has 1 unspecified atom stereocenters. The number of amides is 2. The molecule has 0 aliphatic heterocycles. The monoisotopic (exact) mass is 356 g/mol. The molecule has 1 fully saturated rings. The molecule has 1 aromatic rings. The largest absolute Gasteiger partial charge is 0.353 e. The standard InChI is InChI=1S/C21H28N2O3/c1-3-7-19(25)22-17-12-13-21(2,15-24)18(14-17)23-20(26)11-10-16-8-5-4-6-9-16/h4-6,8-11,15,17-18H,3,7,12-14H2,1-2H3,(H,22,25)(H,23,26)/t17-,18?,21+/m0/s1. The summed E-state index contributed by atoms with van der Waals surface area (Å²) in [4.78, 5) is 35.8. The van der Waals surface area contributed by atoms with Gasteiger partial charge in [0.2, 0.25) is 11.8 Å². The van der Waals surface area contributed by atoms with Crippen molar-refractivity contribution in [2.45, 2.75) is 58.0 Å². The van der Waals surface area contributed by atoms with Gasteiger partial charge in [-0.3, -0.25) is 9.59 Å². The Balaban J connectivity index is 2.00. The van der Waals surface area contributed by atoms with Crippen LogP contribution in [-0.4, -0.2) is 30.2 Å². The molecule has 3 atom stereocenters. The Kier molecular flexibility index (Phi) is 7.13. The number of aldehydes is 1. The van der Waals surface area contributed by atoms with Gasteiger partial charge in [-0.2, -0.15) is 0 Å². The maximum absolute atomic E-state index is 12.3. The maximum atomic E-state index is 12.3. The molecule has 0 saturated heterocycles. The fraction of sp³-hybridized carbons (Fsp3) is 0.476. The molecule has 0 heterocycles. The van der Waals surface area contributed by atoms with Crippen molar-refractivity contribution >= 4 is 24.2 Å². The molecule has 1 aliphatic rings. The van der Waals surface area contributed by atoms with Crippen LogP contribution in [0.4, 0.5) is 0 Å². The average molecular weight is 356 g/mol. The Hall–Kier alpha value is -2.43. The second-order valence-electron chi connectivity index (χ2n) is 7.22. The van der Waals surface area contributed by atoms with Gasteiger partial charge in [0, 0.05) is 30.0 Å².